The minimum atomic E-state index is -0.0973. The summed E-state index contributed by atoms with van der Waals surface area (Å²) in [5.41, 5.74) is 1.08. The fourth-order valence-corrected chi connectivity index (χ4v) is 1.35. The van der Waals surface area contributed by atoms with E-state index in [2.05, 4.69) is 6.07 Å². The number of aromatic hydroxyl groups is 1. The number of phenolic OH excluding ortho intramolecular Hbond substituents is 1. The molecule has 0 aromatic heterocycles. The second-order valence-corrected chi connectivity index (χ2v) is 3.16. The molecule has 0 amide bonds. The van der Waals surface area contributed by atoms with Crippen LogP contribution in [0, 0.1) is 6.07 Å². The Kier molecular flexibility index (Phi) is 2.50. The monoisotopic (exact) mass is 197 g/mol. The Morgan fingerprint density at radius 2 is 1.80 bits per heavy atom. The van der Waals surface area contributed by atoms with E-state index in [1.807, 2.05) is 18.2 Å². The lowest BCUT2D eigenvalue weighted by Crippen LogP contribution is -2.00. The molecule has 73 valence electrons. The summed E-state index contributed by atoms with van der Waals surface area (Å²) in [7, 11) is 0. The van der Waals surface area contributed by atoms with E-state index >= 15 is 0 Å². The van der Waals surface area contributed by atoms with Gasteiger partial charge in [0.05, 0.1) is 0 Å². The maximum Gasteiger partial charge on any atom is 0.193 e. The number of rotatable bonds is 2. The predicted molar refractivity (Wildman–Crippen MR) is 56.8 cm³/mol. The first-order valence-corrected chi connectivity index (χ1v) is 4.58. The standard InChI is InChI=1S/C13H9O2/c14-12-8-4-7-11(9-12)13(15)10-5-2-1-3-6-10/h1-7,9,14H. The first-order valence-electron chi connectivity index (χ1n) is 4.58. The van der Waals surface area contributed by atoms with Crippen LogP contribution in [-0.2, 0) is 0 Å². The highest BCUT2D eigenvalue weighted by Crippen LogP contribution is 2.14. The highest BCUT2D eigenvalue weighted by molar-refractivity contribution is 6.09. The Bertz CT molecular complexity index is 475. The zero-order valence-electron chi connectivity index (χ0n) is 7.97. The van der Waals surface area contributed by atoms with E-state index in [1.54, 1.807) is 18.2 Å². The van der Waals surface area contributed by atoms with Gasteiger partial charge in [-0.3, -0.25) is 4.79 Å². The van der Waals surface area contributed by atoms with Crippen LogP contribution in [-0.4, -0.2) is 10.9 Å². The van der Waals surface area contributed by atoms with Gasteiger partial charge >= 0.3 is 0 Å². The molecular formula is C13H9O2. The first-order chi connectivity index (χ1) is 7.27. The topological polar surface area (TPSA) is 37.3 Å². The number of hydrogen-bond acceptors (Lipinski definition) is 2. The van der Waals surface area contributed by atoms with E-state index in [9.17, 15) is 9.90 Å². The van der Waals surface area contributed by atoms with E-state index < -0.39 is 0 Å². The highest BCUT2D eigenvalue weighted by atomic mass is 16.3. The fraction of sp³-hybridized carbons (Fsp3) is 0. The first kappa shape index (κ1) is 9.46. The number of hydrogen-bond donors (Lipinski definition) is 1. The summed E-state index contributed by atoms with van der Waals surface area (Å²) in [5, 5.41) is 9.20. The maximum atomic E-state index is 11.9. The molecule has 0 aliphatic carbocycles. The second-order valence-electron chi connectivity index (χ2n) is 3.16. The Morgan fingerprint density at radius 1 is 1.07 bits per heavy atom. The van der Waals surface area contributed by atoms with Gasteiger partial charge in [0.15, 0.2) is 5.78 Å². The summed E-state index contributed by atoms with van der Waals surface area (Å²) in [5.74, 6) is -0.114. The second kappa shape index (κ2) is 3.96. The summed E-state index contributed by atoms with van der Waals surface area (Å²) >= 11 is 0. The van der Waals surface area contributed by atoms with Crippen molar-refractivity contribution in [3.05, 3.63) is 65.7 Å². The molecule has 1 N–H and O–H groups in total. The Hall–Kier alpha value is -2.09. The van der Waals surface area contributed by atoms with Crippen LogP contribution in [0.5, 0.6) is 5.75 Å². The van der Waals surface area contributed by atoms with Gasteiger partial charge in [-0.2, -0.15) is 0 Å². The molecule has 2 rings (SSSR count). The average Bonchev–Trinajstić information content (AvgIpc) is 2.29. The predicted octanol–water partition coefficient (Wildman–Crippen LogP) is 2.42. The van der Waals surface area contributed by atoms with Crippen LogP contribution >= 0.6 is 0 Å². The molecular weight excluding hydrogens is 188 g/mol. The van der Waals surface area contributed by atoms with Gasteiger partial charge in [0.1, 0.15) is 5.75 Å². The average molecular weight is 197 g/mol. The summed E-state index contributed by atoms with van der Waals surface area (Å²) in [6.45, 7) is 0. The molecule has 2 aromatic carbocycles. The number of phenols is 1. The van der Waals surface area contributed by atoms with Crippen molar-refractivity contribution < 1.29 is 9.90 Å². The molecule has 0 bridgehead atoms. The zero-order valence-corrected chi connectivity index (χ0v) is 7.97. The number of carbonyl (C=O) groups is 1. The SMILES string of the molecule is O=C(c1ccccc1)c1cc[c]c(O)c1. The lowest BCUT2D eigenvalue weighted by atomic mass is 10.0. The van der Waals surface area contributed by atoms with Gasteiger partial charge in [-0.05, 0) is 12.1 Å². The lowest BCUT2D eigenvalue weighted by Gasteiger charge is -2.00. The minimum Gasteiger partial charge on any atom is -0.507 e. The molecule has 0 heterocycles. The van der Waals surface area contributed by atoms with Crippen LogP contribution < -0.4 is 0 Å². The van der Waals surface area contributed by atoms with E-state index in [-0.39, 0.29) is 11.5 Å². The zero-order chi connectivity index (χ0) is 10.7. The van der Waals surface area contributed by atoms with Crippen LogP contribution in [0.4, 0.5) is 0 Å². The number of carbonyl (C=O) groups excluding carboxylic acids is 1. The van der Waals surface area contributed by atoms with E-state index in [4.69, 9.17) is 0 Å². The van der Waals surface area contributed by atoms with Crippen molar-refractivity contribution in [1.29, 1.82) is 0 Å². The molecule has 0 fully saturated rings. The minimum absolute atomic E-state index is 0.0169. The van der Waals surface area contributed by atoms with Crippen LogP contribution in [0.2, 0.25) is 0 Å². The normalized spacial score (nSPS) is 9.87. The molecule has 0 atom stereocenters. The number of benzene rings is 2. The van der Waals surface area contributed by atoms with Crippen LogP contribution in [0.15, 0.2) is 48.5 Å². The van der Waals surface area contributed by atoms with Gasteiger partial charge in [0.2, 0.25) is 0 Å². The van der Waals surface area contributed by atoms with Crippen molar-refractivity contribution >= 4 is 5.78 Å². The van der Waals surface area contributed by atoms with Gasteiger partial charge in [0, 0.05) is 17.2 Å². The van der Waals surface area contributed by atoms with Gasteiger partial charge in [-0.25, -0.2) is 0 Å². The highest BCUT2D eigenvalue weighted by Gasteiger charge is 2.08. The van der Waals surface area contributed by atoms with Gasteiger partial charge in [-0.15, -0.1) is 0 Å². The summed E-state index contributed by atoms with van der Waals surface area (Å²) in [4.78, 5) is 11.9. The smallest absolute Gasteiger partial charge is 0.193 e. The van der Waals surface area contributed by atoms with Crippen molar-refractivity contribution in [3.8, 4) is 5.75 Å². The van der Waals surface area contributed by atoms with Crippen molar-refractivity contribution in [2.75, 3.05) is 0 Å². The largest absolute Gasteiger partial charge is 0.507 e. The third kappa shape index (κ3) is 2.05. The van der Waals surface area contributed by atoms with Gasteiger partial charge in [0.25, 0.3) is 0 Å². The lowest BCUT2D eigenvalue weighted by molar-refractivity contribution is 0.103. The molecule has 1 radical (unpaired) electrons. The molecule has 15 heavy (non-hydrogen) atoms. The maximum absolute atomic E-state index is 11.9. The van der Waals surface area contributed by atoms with Crippen molar-refractivity contribution in [2.24, 2.45) is 0 Å². The number of ketones is 1. The van der Waals surface area contributed by atoms with Crippen molar-refractivity contribution in [3.63, 3.8) is 0 Å². The molecule has 0 saturated heterocycles. The van der Waals surface area contributed by atoms with Gasteiger partial charge in [-0.1, -0.05) is 36.4 Å². The molecule has 2 aromatic rings. The van der Waals surface area contributed by atoms with Crippen LogP contribution in [0.25, 0.3) is 0 Å². The summed E-state index contributed by atoms with van der Waals surface area (Å²) in [6.07, 6.45) is 0. The van der Waals surface area contributed by atoms with Crippen molar-refractivity contribution in [1.82, 2.24) is 0 Å². The van der Waals surface area contributed by atoms with E-state index in [0.29, 0.717) is 11.1 Å². The fourth-order valence-electron chi connectivity index (χ4n) is 1.35. The Labute approximate surface area is 87.8 Å². The van der Waals surface area contributed by atoms with Crippen LogP contribution in [0.3, 0.4) is 0 Å². The Balaban J connectivity index is 2.37. The molecule has 0 saturated carbocycles. The summed E-state index contributed by atoms with van der Waals surface area (Å²) in [6, 6.07) is 16.1. The molecule has 0 unspecified atom stereocenters. The molecule has 0 aliphatic heterocycles. The van der Waals surface area contributed by atoms with Gasteiger partial charge < -0.3 is 5.11 Å². The van der Waals surface area contributed by atoms with E-state index in [0.717, 1.165) is 0 Å². The molecule has 0 aliphatic rings. The quantitative estimate of drug-likeness (QED) is 0.751. The Morgan fingerprint density at radius 3 is 2.47 bits per heavy atom. The van der Waals surface area contributed by atoms with E-state index in [1.165, 1.54) is 12.1 Å². The van der Waals surface area contributed by atoms with Crippen LogP contribution in [0.1, 0.15) is 15.9 Å². The van der Waals surface area contributed by atoms with Crippen molar-refractivity contribution in [2.45, 2.75) is 0 Å². The molecule has 2 nitrogen and oxygen atoms in total. The third-order valence-electron chi connectivity index (χ3n) is 2.08. The molecule has 2 heteroatoms. The summed E-state index contributed by atoms with van der Waals surface area (Å²) < 4.78 is 0. The molecule has 0 spiro atoms. The third-order valence-corrected chi connectivity index (χ3v) is 2.08.